The van der Waals surface area contributed by atoms with Crippen molar-refractivity contribution in [1.82, 2.24) is 20.1 Å². The molecule has 178 valence electrons. The molecule has 1 saturated heterocycles. The molecule has 2 aromatic rings. The zero-order valence-corrected chi connectivity index (χ0v) is 20.5. The molecule has 1 aliphatic heterocycles. The Labute approximate surface area is 200 Å². The van der Waals surface area contributed by atoms with Crippen LogP contribution in [-0.2, 0) is 16.1 Å². The van der Waals surface area contributed by atoms with Crippen molar-refractivity contribution in [2.45, 2.75) is 52.1 Å². The monoisotopic (exact) mass is 472 g/mol. The van der Waals surface area contributed by atoms with Crippen LogP contribution in [0.1, 0.15) is 60.1 Å². The van der Waals surface area contributed by atoms with E-state index in [0.717, 1.165) is 43.1 Å². The molecule has 2 aromatic heterocycles. The average molecular weight is 473 g/mol. The molecular weight excluding hydrogens is 440 g/mol. The quantitative estimate of drug-likeness (QED) is 0.485. The molecule has 33 heavy (non-hydrogen) atoms. The van der Waals surface area contributed by atoms with Gasteiger partial charge < -0.3 is 24.3 Å². The van der Waals surface area contributed by atoms with Gasteiger partial charge in [0.25, 0.3) is 5.91 Å². The fraction of sp³-hybridized carbons (Fsp3) is 0.500. The Morgan fingerprint density at radius 2 is 2.06 bits per heavy atom. The van der Waals surface area contributed by atoms with Crippen molar-refractivity contribution in [3.63, 3.8) is 0 Å². The van der Waals surface area contributed by atoms with Gasteiger partial charge in [0.2, 0.25) is 0 Å². The predicted octanol–water partition coefficient (Wildman–Crippen LogP) is 3.26. The second-order valence-electron chi connectivity index (χ2n) is 8.31. The molecule has 1 aliphatic rings. The van der Waals surface area contributed by atoms with Gasteiger partial charge >= 0.3 is 5.97 Å². The number of furan rings is 1. The van der Waals surface area contributed by atoms with Gasteiger partial charge in [-0.1, -0.05) is 0 Å². The number of carbonyl (C=O) groups is 2. The third kappa shape index (κ3) is 6.31. The van der Waals surface area contributed by atoms with Crippen LogP contribution in [0.4, 0.5) is 0 Å². The molecule has 0 saturated carbocycles. The number of nitrogens with one attached hydrogen (secondary N) is 1. The SMILES string of the molecule is CCOC(=O)C(C)NC(=S)N1CCC(c2nc(C)ccc2C(=O)N(C)Cc2ccco2)CC1. The lowest BCUT2D eigenvalue weighted by atomic mass is 9.90. The van der Waals surface area contributed by atoms with E-state index >= 15 is 0 Å². The van der Waals surface area contributed by atoms with E-state index < -0.39 is 6.04 Å². The van der Waals surface area contributed by atoms with E-state index in [1.165, 1.54) is 0 Å². The molecule has 1 atom stereocenters. The first-order valence-electron chi connectivity index (χ1n) is 11.3. The normalized spacial score (nSPS) is 15.1. The summed E-state index contributed by atoms with van der Waals surface area (Å²) in [6.45, 7) is 7.64. The van der Waals surface area contributed by atoms with E-state index in [-0.39, 0.29) is 17.8 Å². The highest BCUT2D eigenvalue weighted by Crippen LogP contribution is 2.30. The number of ether oxygens (including phenoxy) is 1. The van der Waals surface area contributed by atoms with Crippen LogP contribution in [0.2, 0.25) is 0 Å². The fourth-order valence-electron chi connectivity index (χ4n) is 3.94. The minimum absolute atomic E-state index is 0.0724. The zero-order chi connectivity index (χ0) is 24.0. The first-order chi connectivity index (χ1) is 15.8. The van der Waals surface area contributed by atoms with Gasteiger partial charge in [0.15, 0.2) is 5.11 Å². The summed E-state index contributed by atoms with van der Waals surface area (Å²) in [6.07, 6.45) is 3.23. The third-order valence-corrected chi connectivity index (χ3v) is 6.14. The van der Waals surface area contributed by atoms with Gasteiger partial charge in [-0.3, -0.25) is 9.78 Å². The molecule has 1 unspecified atom stereocenters. The number of likely N-dealkylation sites (tertiary alicyclic amines) is 1. The third-order valence-electron chi connectivity index (χ3n) is 5.76. The fourth-order valence-corrected chi connectivity index (χ4v) is 4.30. The lowest BCUT2D eigenvalue weighted by Gasteiger charge is -2.35. The van der Waals surface area contributed by atoms with Crippen LogP contribution in [0.15, 0.2) is 34.9 Å². The second kappa shape index (κ2) is 11.3. The molecule has 0 bridgehead atoms. The predicted molar refractivity (Wildman–Crippen MR) is 129 cm³/mol. The number of hydrogen-bond donors (Lipinski definition) is 1. The Bertz CT molecular complexity index is 971. The molecule has 3 heterocycles. The molecule has 9 heteroatoms. The highest BCUT2D eigenvalue weighted by molar-refractivity contribution is 7.80. The number of pyridine rings is 1. The number of rotatable bonds is 7. The number of carbonyl (C=O) groups excluding carboxylic acids is 2. The van der Waals surface area contributed by atoms with Gasteiger partial charge in [0, 0.05) is 31.7 Å². The van der Waals surface area contributed by atoms with Crippen LogP contribution in [0.5, 0.6) is 0 Å². The van der Waals surface area contributed by atoms with Crippen LogP contribution >= 0.6 is 12.2 Å². The van der Waals surface area contributed by atoms with Gasteiger partial charge in [-0.05, 0) is 70.1 Å². The molecule has 1 N–H and O–H groups in total. The Morgan fingerprint density at radius 3 is 2.70 bits per heavy atom. The van der Waals surface area contributed by atoms with Crippen LogP contribution in [0, 0.1) is 6.92 Å². The average Bonchev–Trinajstić information content (AvgIpc) is 3.31. The van der Waals surface area contributed by atoms with Crippen molar-refractivity contribution < 1.29 is 18.7 Å². The summed E-state index contributed by atoms with van der Waals surface area (Å²) >= 11 is 5.51. The summed E-state index contributed by atoms with van der Waals surface area (Å²) in [4.78, 5) is 33.6. The molecule has 0 spiro atoms. The number of hydrogen-bond acceptors (Lipinski definition) is 6. The molecule has 1 fully saturated rings. The highest BCUT2D eigenvalue weighted by Gasteiger charge is 2.29. The Morgan fingerprint density at radius 1 is 1.33 bits per heavy atom. The molecule has 0 radical (unpaired) electrons. The number of amides is 1. The number of thiocarbonyl (C=S) groups is 1. The minimum atomic E-state index is -0.498. The van der Waals surface area contributed by atoms with E-state index in [4.69, 9.17) is 26.4 Å². The molecule has 0 aliphatic carbocycles. The van der Waals surface area contributed by atoms with E-state index in [9.17, 15) is 9.59 Å². The van der Waals surface area contributed by atoms with Crippen molar-refractivity contribution in [3.8, 4) is 0 Å². The van der Waals surface area contributed by atoms with Gasteiger partial charge in [-0.15, -0.1) is 0 Å². The maximum absolute atomic E-state index is 13.2. The first-order valence-corrected chi connectivity index (χ1v) is 11.7. The summed E-state index contributed by atoms with van der Waals surface area (Å²) in [6, 6.07) is 6.92. The molecule has 0 aromatic carbocycles. The maximum Gasteiger partial charge on any atom is 0.328 e. The lowest BCUT2D eigenvalue weighted by molar-refractivity contribution is -0.144. The molecule has 1 amide bonds. The molecule has 3 rings (SSSR count). The Hall–Kier alpha value is -2.94. The van der Waals surface area contributed by atoms with Crippen LogP contribution in [0.3, 0.4) is 0 Å². The number of nitrogens with zero attached hydrogens (tertiary/aromatic N) is 3. The lowest BCUT2D eigenvalue weighted by Crippen LogP contribution is -2.49. The van der Waals surface area contributed by atoms with E-state index in [1.807, 2.05) is 31.2 Å². The highest BCUT2D eigenvalue weighted by atomic mass is 32.1. The smallest absolute Gasteiger partial charge is 0.328 e. The first kappa shape index (κ1) is 24.7. The van der Waals surface area contributed by atoms with Gasteiger partial charge in [0.05, 0.1) is 30.7 Å². The van der Waals surface area contributed by atoms with Crippen molar-refractivity contribution in [3.05, 3.63) is 53.2 Å². The van der Waals surface area contributed by atoms with Crippen molar-refractivity contribution >= 4 is 29.2 Å². The largest absolute Gasteiger partial charge is 0.467 e. The van der Waals surface area contributed by atoms with E-state index in [0.29, 0.717) is 23.8 Å². The van der Waals surface area contributed by atoms with Gasteiger partial charge in [0.1, 0.15) is 11.8 Å². The number of aryl methyl sites for hydroxylation is 1. The van der Waals surface area contributed by atoms with Gasteiger partial charge in [-0.25, -0.2) is 4.79 Å². The summed E-state index contributed by atoms with van der Waals surface area (Å²) in [7, 11) is 1.77. The maximum atomic E-state index is 13.2. The summed E-state index contributed by atoms with van der Waals surface area (Å²) < 4.78 is 10.4. The summed E-state index contributed by atoms with van der Waals surface area (Å²) in [5.41, 5.74) is 2.35. The number of piperidine rings is 1. The topological polar surface area (TPSA) is 87.9 Å². The van der Waals surface area contributed by atoms with Crippen molar-refractivity contribution in [1.29, 1.82) is 0 Å². The van der Waals surface area contributed by atoms with Crippen molar-refractivity contribution in [2.24, 2.45) is 0 Å². The van der Waals surface area contributed by atoms with Gasteiger partial charge in [-0.2, -0.15) is 0 Å². The van der Waals surface area contributed by atoms with Crippen LogP contribution < -0.4 is 5.32 Å². The Balaban J connectivity index is 1.65. The van der Waals surface area contributed by atoms with Crippen LogP contribution in [0.25, 0.3) is 0 Å². The standard InChI is InChI=1S/C24H32N4O4S/c1-5-31-23(30)17(3)26-24(33)28-12-10-18(11-13-28)21-20(9-8-16(2)25-21)22(29)27(4)15-19-7-6-14-32-19/h6-9,14,17-18H,5,10-13,15H2,1-4H3,(H,26,33). The summed E-state index contributed by atoms with van der Waals surface area (Å²) in [5, 5.41) is 3.60. The van der Waals surface area contributed by atoms with E-state index in [1.54, 1.807) is 32.1 Å². The van der Waals surface area contributed by atoms with Crippen LogP contribution in [-0.4, -0.2) is 64.6 Å². The minimum Gasteiger partial charge on any atom is -0.467 e. The molecular formula is C24H32N4O4S. The zero-order valence-electron chi connectivity index (χ0n) is 19.7. The number of aromatic nitrogens is 1. The van der Waals surface area contributed by atoms with E-state index in [2.05, 4.69) is 10.2 Å². The van der Waals surface area contributed by atoms with Crippen molar-refractivity contribution in [2.75, 3.05) is 26.7 Å². The Kier molecular flexibility index (Phi) is 8.43. The second-order valence-corrected chi connectivity index (χ2v) is 8.70. The molecule has 8 nitrogen and oxygen atoms in total. The summed E-state index contributed by atoms with van der Waals surface area (Å²) in [5.74, 6) is 0.499. The number of esters is 1.